The Labute approximate surface area is 89.2 Å². The lowest BCUT2D eigenvalue weighted by Gasteiger charge is -2.06. The number of nitrogens with two attached hydrogens (primary N) is 1. The van der Waals surface area contributed by atoms with Crippen LogP contribution < -0.4 is 5.73 Å². The Morgan fingerprint density at radius 3 is 2.73 bits per heavy atom. The largest absolute Gasteiger partial charge is 0.465 e. The highest BCUT2D eigenvalue weighted by Crippen LogP contribution is 2.40. The minimum Gasteiger partial charge on any atom is -0.465 e. The SMILES string of the molecule is COC(=O)c1ccc(C)c([C@@H]2C[C@H]2N)c1. The van der Waals surface area contributed by atoms with Gasteiger partial charge < -0.3 is 10.5 Å². The molecule has 2 rings (SSSR count). The third kappa shape index (κ3) is 1.88. The van der Waals surface area contributed by atoms with Gasteiger partial charge in [-0.3, -0.25) is 0 Å². The first-order valence-corrected chi connectivity index (χ1v) is 5.08. The number of benzene rings is 1. The van der Waals surface area contributed by atoms with Crippen molar-refractivity contribution in [2.75, 3.05) is 7.11 Å². The van der Waals surface area contributed by atoms with E-state index in [0.29, 0.717) is 11.5 Å². The molecular weight excluding hydrogens is 190 g/mol. The van der Waals surface area contributed by atoms with Crippen LogP contribution in [0, 0.1) is 6.92 Å². The fourth-order valence-electron chi connectivity index (χ4n) is 1.86. The fraction of sp³-hybridized carbons (Fsp3) is 0.417. The molecule has 0 radical (unpaired) electrons. The Bertz CT molecular complexity index is 401. The van der Waals surface area contributed by atoms with Gasteiger partial charge in [-0.05, 0) is 36.6 Å². The summed E-state index contributed by atoms with van der Waals surface area (Å²) in [5, 5.41) is 0. The maximum atomic E-state index is 11.3. The van der Waals surface area contributed by atoms with Gasteiger partial charge >= 0.3 is 5.97 Å². The van der Waals surface area contributed by atoms with Crippen molar-refractivity contribution < 1.29 is 9.53 Å². The summed E-state index contributed by atoms with van der Waals surface area (Å²) >= 11 is 0. The van der Waals surface area contributed by atoms with E-state index in [2.05, 4.69) is 4.74 Å². The molecule has 1 fully saturated rings. The standard InChI is InChI=1S/C12H15NO2/c1-7-3-4-8(12(14)15-2)5-9(7)10-6-11(10)13/h3-5,10-11H,6,13H2,1-2H3/t10-,11+/m0/s1. The van der Waals surface area contributed by atoms with Crippen molar-refractivity contribution in [2.45, 2.75) is 25.3 Å². The maximum absolute atomic E-state index is 11.3. The first-order chi connectivity index (χ1) is 7.13. The number of carbonyl (C=O) groups is 1. The molecule has 1 aliphatic carbocycles. The van der Waals surface area contributed by atoms with Crippen LogP contribution in [0.1, 0.15) is 33.8 Å². The molecule has 1 aromatic rings. The molecule has 2 N–H and O–H groups in total. The zero-order chi connectivity index (χ0) is 11.0. The average molecular weight is 205 g/mol. The smallest absolute Gasteiger partial charge is 0.337 e. The van der Waals surface area contributed by atoms with Gasteiger partial charge in [-0.25, -0.2) is 4.79 Å². The molecule has 15 heavy (non-hydrogen) atoms. The average Bonchev–Trinajstić information content (AvgIpc) is 2.95. The summed E-state index contributed by atoms with van der Waals surface area (Å²) < 4.78 is 4.69. The third-order valence-corrected chi connectivity index (χ3v) is 2.94. The lowest BCUT2D eigenvalue weighted by Crippen LogP contribution is -2.05. The third-order valence-electron chi connectivity index (χ3n) is 2.94. The van der Waals surface area contributed by atoms with Gasteiger partial charge in [-0.1, -0.05) is 6.07 Å². The van der Waals surface area contributed by atoms with E-state index < -0.39 is 0 Å². The van der Waals surface area contributed by atoms with Crippen molar-refractivity contribution in [2.24, 2.45) is 5.73 Å². The van der Waals surface area contributed by atoms with Gasteiger partial charge in [0.25, 0.3) is 0 Å². The number of hydrogen-bond donors (Lipinski definition) is 1. The highest BCUT2D eigenvalue weighted by Gasteiger charge is 2.36. The molecule has 0 bridgehead atoms. The lowest BCUT2D eigenvalue weighted by molar-refractivity contribution is 0.0600. The molecule has 3 heteroatoms. The van der Waals surface area contributed by atoms with Gasteiger partial charge in [-0.15, -0.1) is 0 Å². The van der Waals surface area contributed by atoms with Crippen LogP contribution in [-0.4, -0.2) is 19.1 Å². The molecule has 0 aliphatic heterocycles. The molecule has 1 aromatic carbocycles. The van der Waals surface area contributed by atoms with E-state index in [4.69, 9.17) is 5.73 Å². The predicted octanol–water partition coefficient (Wildman–Crippen LogP) is 1.60. The lowest BCUT2D eigenvalue weighted by atomic mass is 10.0. The molecular formula is C12H15NO2. The van der Waals surface area contributed by atoms with E-state index in [9.17, 15) is 4.79 Å². The summed E-state index contributed by atoms with van der Waals surface area (Å²) in [6, 6.07) is 5.90. The van der Waals surface area contributed by atoms with E-state index in [-0.39, 0.29) is 12.0 Å². The van der Waals surface area contributed by atoms with Gasteiger partial charge in [0, 0.05) is 12.0 Å². The molecule has 0 saturated heterocycles. The Morgan fingerprint density at radius 1 is 1.53 bits per heavy atom. The van der Waals surface area contributed by atoms with Crippen molar-refractivity contribution in [3.05, 3.63) is 34.9 Å². The van der Waals surface area contributed by atoms with Crippen LogP contribution in [-0.2, 0) is 4.74 Å². The van der Waals surface area contributed by atoms with E-state index in [1.807, 2.05) is 19.1 Å². The molecule has 0 unspecified atom stereocenters. The second-order valence-electron chi connectivity index (χ2n) is 4.07. The second-order valence-corrected chi connectivity index (χ2v) is 4.07. The second kappa shape index (κ2) is 3.66. The van der Waals surface area contributed by atoms with Crippen molar-refractivity contribution >= 4 is 5.97 Å². The predicted molar refractivity (Wildman–Crippen MR) is 57.9 cm³/mol. The minimum atomic E-state index is -0.287. The summed E-state index contributed by atoms with van der Waals surface area (Å²) in [7, 11) is 1.39. The van der Waals surface area contributed by atoms with Gasteiger partial charge in [0.1, 0.15) is 0 Å². The Hall–Kier alpha value is -1.35. The molecule has 3 nitrogen and oxygen atoms in total. The van der Waals surface area contributed by atoms with Gasteiger partial charge in [0.2, 0.25) is 0 Å². The first-order valence-electron chi connectivity index (χ1n) is 5.08. The number of methoxy groups -OCH3 is 1. The first kappa shape index (κ1) is 10.2. The Balaban J connectivity index is 2.33. The van der Waals surface area contributed by atoms with Crippen LogP contribution in [0.25, 0.3) is 0 Å². The molecule has 0 amide bonds. The Morgan fingerprint density at radius 2 is 2.20 bits per heavy atom. The van der Waals surface area contributed by atoms with Crippen molar-refractivity contribution in [3.8, 4) is 0 Å². The highest BCUT2D eigenvalue weighted by atomic mass is 16.5. The summed E-state index contributed by atoms with van der Waals surface area (Å²) in [6.07, 6.45) is 1.02. The van der Waals surface area contributed by atoms with Crippen molar-refractivity contribution in [1.82, 2.24) is 0 Å². The van der Waals surface area contributed by atoms with E-state index in [1.165, 1.54) is 18.2 Å². The topological polar surface area (TPSA) is 52.3 Å². The molecule has 0 spiro atoms. The maximum Gasteiger partial charge on any atom is 0.337 e. The van der Waals surface area contributed by atoms with E-state index in [0.717, 1.165) is 6.42 Å². The number of esters is 1. The summed E-state index contributed by atoms with van der Waals surface area (Å²) in [6.45, 7) is 2.04. The van der Waals surface area contributed by atoms with Crippen molar-refractivity contribution in [1.29, 1.82) is 0 Å². The zero-order valence-corrected chi connectivity index (χ0v) is 8.99. The van der Waals surface area contributed by atoms with Crippen LogP contribution in [0.3, 0.4) is 0 Å². The van der Waals surface area contributed by atoms with Crippen molar-refractivity contribution in [3.63, 3.8) is 0 Å². The van der Waals surface area contributed by atoms with Crippen LogP contribution >= 0.6 is 0 Å². The molecule has 0 aromatic heterocycles. The van der Waals surface area contributed by atoms with Gasteiger partial charge in [-0.2, -0.15) is 0 Å². The summed E-state index contributed by atoms with van der Waals surface area (Å²) in [4.78, 5) is 11.3. The van der Waals surface area contributed by atoms with Crippen LogP contribution in [0.5, 0.6) is 0 Å². The number of aryl methyl sites for hydroxylation is 1. The molecule has 80 valence electrons. The van der Waals surface area contributed by atoms with Crippen LogP contribution in [0.2, 0.25) is 0 Å². The quantitative estimate of drug-likeness (QED) is 0.746. The summed E-state index contributed by atoms with van der Waals surface area (Å²) in [5.74, 6) is 0.139. The Kier molecular flexibility index (Phi) is 2.49. The van der Waals surface area contributed by atoms with Crippen LogP contribution in [0.15, 0.2) is 18.2 Å². The van der Waals surface area contributed by atoms with E-state index in [1.54, 1.807) is 6.07 Å². The normalized spacial score (nSPS) is 23.7. The minimum absolute atomic E-state index is 0.261. The van der Waals surface area contributed by atoms with Gasteiger partial charge in [0.15, 0.2) is 0 Å². The number of ether oxygens (including phenoxy) is 1. The molecule has 0 heterocycles. The molecule has 1 aliphatic rings. The highest BCUT2D eigenvalue weighted by molar-refractivity contribution is 5.89. The number of rotatable bonds is 2. The van der Waals surface area contributed by atoms with Crippen LogP contribution in [0.4, 0.5) is 0 Å². The van der Waals surface area contributed by atoms with Gasteiger partial charge in [0.05, 0.1) is 12.7 Å². The number of carbonyl (C=O) groups excluding carboxylic acids is 1. The number of hydrogen-bond acceptors (Lipinski definition) is 3. The molecule has 2 atom stereocenters. The monoisotopic (exact) mass is 205 g/mol. The zero-order valence-electron chi connectivity index (χ0n) is 8.99. The molecule has 1 saturated carbocycles. The van der Waals surface area contributed by atoms with E-state index >= 15 is 0 Å². The fourth-order valence-corrected chi connectivity index (χ4v) is 1.86. The summed E-state index contributed by atoms with van der Waals surface area (Å²) in [5.41, 5.74) is 8.80.